The van der Waals surface area contributed by atoms with E-state index in [1.54, 1.807) is 24.5 Å². The Morgan fingerprint density at radius 3 is 2.68 bits per heavy atom. The van der Waals surface area contributed by atoms with Crippen LogP contribution in [0.4, 0.5) is 26.8 Å². The minimum Gasteiger partial charge on any atom is -0.444 e. The number of aliphatic hydroxyl groups is 1. The van der Waals surface area contributed by atoms with Crippen molar-refractivity contribution in [2.75, 3.05) is 28.2 Å². The van der Waals surface area contributed by atoms with Gasteiger partial charge in [0.05, 0.1) is 17.9 Å². The zero-order chi connectivity index (χ0) is 26.9. The number of ether oxygens (including phenoxy) is 1. The van der Waals surface area contributed by atoms with Gasteiger partial charge in [-0.1, -0.05) is 18.2 Å². The van der Waals surface area contributed by atoms with Crippen molar-refractivity contribution in [3.8, 4) is 11.3 Å². The highest BCUT2D eigenvalue weighted by Crippen LogP contribution is 2.43. The summed E-state index contributed by atoms with van der Waals surface area (Å²) >= 11 is 0. The van der Waals surface area contributed by atoms with Crippen LogP contribution in [0.3, 0.4) is 0 Å². The van der Waals surface area contributed by atoms with E-state index in [1.807, 2.05) is 57.2 Å². The van der Waals surface area contributed by atoms with Gasteiger partial charge in [0.1, 0.15) is 5.60 Å². The van der Waals surface area contributed by atoms with Gasteiger partial charge >= 0.3 is 12.1 Å². The number of hydrogen-bond donors (Lipinski definition) is 3. The molecule has 0 unspecified atom stereocenters. The predicted molar refractivity (Wildman–Crippen MR) is 145 cm³/mol. The van der Waals surface area contributed by atoms with Crippen LogP contribution in [-0.2, 0) is 11.3 Å². The highest BCUT2D eigenvalue weighted by atomic mass is 16.6. The molecule has 2 aromatic heterocycles. The maximum absolute atomic E-state index is 13.5. The average molecular weight is 517 g/mol. The first kappa shape index (κ1) is 25.5. The summed E-state index contributed by atoms with van der Waals surface area (Å²) in [6, 6.07) is 14.5. The van der Waals surface area contributed by atoms with E-state index in [1.165, 1.54) is 4.90 Å². The minimum absolute atomic E-state index is 0.293. The lowest BCUT2D eigenvalue weighted by molar-refractivity contribution is 0.0262. The Bertz CT molecular complexity index is 1340. The smallest absolute Gasteiger partial charge is 0.407 e. The van der Waals surface area contributed by atoms with Gasteiger partial charge in [-0.15, -0.1) is 0 Å². The van der Waals surface area contributed by atoms with Crippen LogP contribution in [0.25, 0.3) is 11.3 Å². The molecule has 3 aromatic rings. The number of urea groups is 1. The summed E-state index contributed by atoms with van der Waals surface area (Å²) in [6.45, 7) is 6.84. The number of pyridine rings is 2. The van der Waals surface area contributed by atoms with Gasteiger partial charge in [0.25, 0.3) is 0 Å². The summed E-state index contributed by atoms with van der Waals surface area (Å²) in [5.41, 5.74) is 1.76. The molecular formula is C28H32N6O4. The number of hydrogen-bond acceptors (Lipinski definition) is 7. The third-order valence-corrected chi connectivity index (χ3v) is 6.47. The second kappa shape index (κ2) is 9.94. The number of amides is 3. The predicted octanol–water partition coefficient (Wildman–Crippen LogP) is 4.51. The molecule has 0 aliphatic carbocycles. The third kappa shape index (κ3) is 5.40. The summed E-state index contributed by atoms with van der Waals surface area (Å²) in [5.74, 6) is 0.403. The Labute approximate surface area is 221 Å². The Morgan fingerprint density at radius 2 is 1.92 bits per heavy atom. The number of nitrogens with zero attached hydrogens (tertiary/aromatic N) is 4. The molecule has 1 atom stereocenters. The van der Waals surface area contributed by atoms with Gasteiger partial charge in [0.2, 0.25) is 0 Å². The molecule has 2 aliphatic heterocycles. The molecule has 10 heteroatoms. The number of rotatable bonds is 4. The lowest BCUT2D eigenvalue weighted by Crippen LogP contribution is -2.65. The lowest BCUT2D eigenvalue weighted by atomic mass is 9.95. The maximum atomic E-state index is 13.5. The van der Waals surface area contributed by atoms with E-state index in [-0.39, 0.29) is 0 Å². The summed E-state index contributed by atoms with van der Waals surface area (Å²) in [4.78, 5) is 37.9. The molecule has 4 heterocycles. The minimum atomic E-state index is -1.38. The zero-order valence-corrected chi connectivity index (χ0v) is 21.8. The van der Waals surface area contributed by atoms with Crippen LogP contribution in [-0.4, -0.2) is 51.6 Å². The molecule has 1 aromatic carbocycles. The standard InChI is InChI=1S/C28H32N6O4/c1-27(2,3)38-26(36)30-17-19-6-4-7-20(16-19)22-8-9-23-24(32-22)34(28(37)12-5-15-33(23)18-28)25(35)31-21-10-13-29-14-11-21/h4,6-11,13-14,16,37H,5,12,15,17-18H2,1-3H3,(H,30,36)(H,29,31,35)/t28-/m1/s1. The molecular weight excluding hydrogens is 484 g/mol. The van der Waals surface area contributed by atoms with Crippen molar-refractivity contribution >= 4 is 29.3 Å². The number of anilines is 3. The second-order valence-electron chi connectivity index (χ2n) is 10.6. The average Bonchev–Trinajstić information content (AvgIpc) is 2.87. The SMILES string of the molecule is CC(C)(C)OC(=O)NCc1cccc(-c2ccc3c(n2)N(C(=O)Nc2ccncc2)[C@@]2(O)CCCN3C2)c1. The van der Waals surface area contributed by atoms with Gasteiger partial charge in [0, 0.05) is 36.7 Å². The van der Waals surface area contributed by atoms with Crippen molar-refractivity contribution in [1.29, 1.82) is 0 Å². The summed E-state index contributed by atoms with van der Waals surface area (Å²) in [7, 11) is 0. The fraction of sp³-hybridized carbons (Fsp3) is 0.357. The zero-order valence-electron chi connectivity index (χ0n) is 21.8. The van der Waals surface area contributed by atoms with Crippen LogP contribution in [0.1, 0.15) is 39.2 Å². The van der Waals surface area contributed by atoms with Crippen LogP contribution in [0, 0.1) is 0 Å². The van der Waals surface area contributed by atoms with Gasteiger partial charge < -0.3 is 25.4 Å². The fourth-order valence-electron chi connectivity index (χ4n) is 4.84. The number of piperidine rings is 1. The number of benzene rings is 1. The number of nitrogens with one attached hydrogen (secondary N) is 2. The molecule has 3 amide bonds. The highest BCUT2D eigenvalue weighted by molar-refractivity contribution is 6.05. The second-order valence-corrected chi connectivity index (χ2v) is 10.6. The van der Waals surface area contributed by atoms with Gasteiger partial charge in [-0.05, 0) is 69.5 Å². The maximum Gasteiger partial charge on any atom is 0.407 e. The molecule has 10 nitrogen and oxygen atoms in total. The topological polar surface area (TPSA) is 120 Å². The van der Waals surface area contributed by atoms with Gasteiger partial charge in [-0.2, -0.15) is 0 Å². The molecule has 0 saturated carbocycles. The third-order valence-electron chi connectivity index (χ3n) is 6.47. The molecule has 5 rings (SSSR count). The van der Waals surface area contributed by atoms with Crippen molar-refractivity contribution in [2.45, 2.75) is 51.5 Å². The monoisotopic (exact) mass is 516 g/mol. The Balaban J connectivity index is 1.44. The molecule has 2 bridgehead atoms. The van der Waals surface area contributed by atoms with Crippen LogP contribution in [0.15, 0.2) is 60.9 Å². The number of aromatic nitrogens is 2. The van der Waals surface area contributed by atoms with Crippen LogP contribution >= 0.6 is 0 Å². The Kier molecular flexibility index (Phi) is 6.66. The normalized spacial score (nSPS) is 18.4. The highest BCUT2D eigenvalue weighted by Gasteiger charge is 2.48. The Morgan fingerprint density at radius 1 is 1.13 bits per heavy atom. The molecule has 0 radical (unpaired) electrons. The van der Waals surface area contributed by atoms with E-state index in [2.05, 4.69) is 20.5 Å². The van der Waals surface area contributed by atoms with Crippen LogP contribution in [0.5, 0.6) is 0 Å². The molecule has 198 valence electrons. The van der Waals surface area contributed by atoms with Gasteiger partial charge in [-0.25, -0.2) is 19.5 Å². The fourth-order valence-corrected chi connectivity index (χ4v) is 4.84. The molecule has 1 saturated heterocycles. The molecule has 3 N–H and O–H groups in total. The number of carbonyl (C=O) groups is 2. The van der Waals surface area contributed by atoms with E-state index in [0.717, 1.165) is 29.8 Å². The lowest BCUT2D eigenvalue weighted by Gasteiger charge is -2.51. The van der Waals surface area contributed by atoms with Crippen molar-refractivity contribution < 1.29 is 19.4 Å². The summed E-state index contributed by atoms with van der Waals surface area (Å²) < 4.78 is 5.32. The first-order chi connectivity index (χ1) is 18.1. The number of carbonyl (C=O) groups excluding carboxylic acids is 2. The summed E-state index contributed by atoms with van der Waals surface area (Å²) in [5, 5.41) is 17.2. The first-order valence-electron chi connectivity index (χ1n) is 12.7. The van der Waals surface area contributed by atoms with Crippen molar-refractivity contribution in [2.24, 2.45) is 0 Å². The van der Waals surface area contributed by atoms with Crippen LogP contribution < -0.4 is 20.4 Å². The van der Waals surface area contributed by atoms with Crippen LogP contribution in [0.2, 0.25) is 0 Å². The van der Waals surface area contributed by atoms with Gasteiger partial charge in [-0.3, -0.25) is 4.98 Å². The van der Waals surface area contributed by atoms with Crippen molar-refractivity contribution in [1.82, 2.24) is 15.3 Å². The molecule has 1 fully saturated rings. The Hall–Kier alpha value is -4.18. The largest absolute Gasteiger partial charge is 0.444 e. The van der Waals surface area contributed by atoms with E-state index < -0.39 is 23.5 Å². The van der Waals surface area contributed by atoms with E-state index in [4.69, 9.17) is 9.72 Å². The molecule has 2 aliphatic rings. The van der Waals surface area contributed by atoms with E-state index in [0.29, 0.717) is 36.7 Å². The quantitative estimate of drug-likeness (QED) is 0.467. The van der Waals surface area contributed by atoms with Crippen molar-refractivity contribution in [3.63, 3.8) is 0 Å². The number of alkyl carbamates (subject to hydrolysis) is 1. The molecule has 38 heavy (non-hydrogen) atoms. The number of fused-ring (bicyclic) bond motifs is 4. The molecule has 0 spiro atoms. The van der Waals surface area contributed by atoms with Gasteiger partial charge in [0.15, 0.2) is 11.5 Å². The van der Waals surface area contributed by atoms with E-state index in [9.17, 15) is 14.7 Å². The van der Waals surface area contributed by atoms with E-state index >= 15 is 0 Å². The summed E-state index contributed by atoms with van der Waals surface area (Å²) in [6.07, 6.45) is 3.91. The first-order valence-corrected chi connectivity index (χ1v) is 12.7. The van der Waals surface area contributed by atoms with Crippen molar-refractivity contribution in [3.05, 3.63) is 66.5 Å².